The zero-order chi connectivity index (χ0) is 23.5. The molecular formula is C23H16Br2ClN3O2S2. The number of nitrogens with one attached hydrogen (secondary N) is 1. The standard InChI is InChI=1S/C23H16Br2ClN3O2S2/c1-12-2-3-15(8-18(12)26)28-21(30)11-32-23-29-19-5-4-14(9-20(19)33-23)27-10-13-6-16(24)22(31)17(25)7-13/h2-10,31H,11H2,1H3,(H,28,30). The zero-order valence-electron chi connectivity index (χ0n) is 17.1. The monoisotopic (exact) mass is 623 g/mol. The van der Waals surface area contributed by atoms with Gasteiger partial charge in [0.05, 0.1) is 30.6 Å². The van der Waals surface area contributed by atoms with Crippen LogP contribution in [0.2, 0.25) is 5.02 Å². The van der Waals surface area contributed by atoms with Crippen molar-refractivity contribution in [3.63, 3.8) is 0 Å². The molecule has 2 N–H and O–H groups in total. The summed E-state index contributed by atoms with van der Waals surface area (Å²) in [5, 5.41) is 13.3. The molecule has 1 heterocycles. The molecule has 3 aromatic carbocycles. The van der Waals surface area contributed by atoms with E-state index in [0.717, 1.165) is 31.4 Å². The van der Waals surface area contributed by atoms with Crippen molar-refractivity contribution in [3.05, 3.63) is 73.6 Å². The third-order valence-electron chi connectivity index (χ3n) is 4.54. The van der Waals surface area contributed by atoms with Gasteiger partial charge in [0.1, 0.15) is 5.75 Å². The Balaban J connectivity index is 1.41. The van der Waals surface area contributed by atoms with Crippen LogP contribution in [0.25, 0.3) is 10.2 Å². The van der Waals surface area contributed by atoms with Gasteiger partial charge in [-0.05, 0) is 92.4 Å². The van der Waals surface area contributed by atoms with E-state index < -0.39 is 0 Å². The molecule has 1 aromatic heterocycles. The highest BCUT2D eigenvalue weighted by molar-refractivity contribution is 9.11. The molecule has 0 saturated carbocycles. The van der Waals surface area contributed by atoms with Gasteiger partial charge in [-0.3, -0.25) is 9.79 Å². The Labute approximate surface area is 220 Å². The number of amides is 1. The van der Waals surface area contributed by atoms with Gasteiger partial charge >= 0.3 is 0 Å². The molecule has 33 heavy (non-hydrogen) atoms. The van der Waals surface area contributed by atoms with E-state index in [-0.39, 0.29) is 17.4 Å². The number of thiazole rings is 1. The van der Waals surface area contributed by atoms with Crippen molar-refractivity contribution < 1.29 is 9.90 Å². The van der Waals surface area contributed by atoms with E-state index in [1.165, 1.54) is 23.1 Å². The van der Waals surface area contributed by atoms with Gasteiger partial charge in [0.25, 0.3) is 0 Å². The maximum atomic E-state index is 12.3. The third-order valence-corrected chi connectivity index (χ3v) is 8.31. The van der Waals surface area contributed by atoms with Crippen LogP contribution in [0.3, 0.4) is 0 Å². The molecule has 0 spiro atoms. The average molecular weight is 626 g/mol. The smallest absolute Gasteiger partial charge is 0.234 e. The number of phenolic OH excluding ortho intramolecular Hbond substituents is 1. The molecule has 0 saturated heterocycles. The largest absolute Gasteiger partial charge is 0.506 e. The summed E-state index contributed by atoms with van der Waals surface area (Å²) >= 11 is 15.7. The van der Waals surface area contributed by atoms with Gasteiger partial charge in [0.2, 0.25) is 5.91 Å². The van der Waals surface area contributed by atoms with Crippen LogP contribution >= 0.6 is 66.6 Å². The Morgan fingerprint density at radius 3 is 2.70 bits per heavy atom. The number of fused-ring (bicyclic) bond motifs is 1. The lowest BCUT2D eigenvalue weighted by Crippen LogP contribution is -2.13. The first-order valence-electron chi connectivity index (χ1n) is 9.60. The number of nitrogens with zero attached hydrogens (tertiary/aromatic N) is 2. The Hall–Kier alpha value is -1.91. The number of aromatic nitrogens is 1. The first-order chi connectivity index (χ1) is 15.8. The highest BCUT2D eigenvalue weighted by Gasteiger charge is 2.10. The number of benzene rings is 3. The number of halogens is 3. The number of hydrogen-bond donors (Lipinski definition) is 2. The summed E-state index contributed by atoms with van der Waals surface area (Å²) < 4.78 is 2.99. The van der Waals surface area contributed by atoms with Crippen LogP contribution in [0.1, 0.15) is 11.1 Å². The summed E-state index contributed by atoms with van der Waals surface area (Å²) in [6.07, 6.45) is 1.73. The number of aryl methyl sites for hydroxylation is 1. The number of rotatable bonds is 6. The number of thioether (sulfide) groups is 1. The number of carbonyl (C=O) groups is 1. The Morgan fingerprint density at radius 1 is 1.21 bits per heavy atom. The molecule has 1 amide bonds. The molecule has 0 aliphatic heterocycles. The lowest BCUT2D eigenvalue weighted by molar-refractivity contribution is -0.113. The van der Waals surface area contributed by atoms with Crippen LogP contribution in [0.4, 0.5) is 11.4 Å². The van der Waals surface area contributed by atoms with Crippen molar-refractivity contribution in [1.29, 1.82) is 0 Å². The van der Waals surface area contributed by atoms with E-state index in [0.29, 0.717) is 19.7 Å². The number of phenols is 1. The van der Waals surface area contributed by atoms with Gasteiger partial charge in [-0.15, -0.1) is 11.3 Å². The van der Waals surface area contributed by atoms with Crippen molar-refractivity contribution in [2.75, 3.05) is 11.1 Å². The van der Waals surface area contributed by atoms with E-state index in [9.17, 15) is 9.90 Å². The molecule has 0 atom stereocenters. The molecule has 168 valence electrons. The number of carbonyl (C=O) groups excluding carboxylic acids is 1. The summed E-state index contributed by atoms with van der Waals surface area (Å²) in [4.78, 5) is 21.4. The topological polar surface area (TPSA) is 74.6 Å². The summed E-state index contributed by atoms with van der Waals surface area (Å²) in [6.45, 7) is 1.92. The minimum absolute atomic E-state index is 0.115. The highest BCUT2D eigenvalue weighted by atomic mass is 79.9. The molecule has 0 radical (unpaired) electrons. The second-order valence-corrected chi connectivity index (χ2v) is 11.4. The lowest BCUT2D eigenvalue weighted by Gasteiger charge is -2.06. The summed E-state index contributed by atoms with van der Waals surface area (Å²) in [5.74, 6) is 0.288. The van der Waals surface area contributed by atoms with Crippen molar-refractivity contribution in [1.82, 2.24) is 4.98 Å². The molecule has 0 unspecified atom stereocenters. The molecule has 0 aliphatic carbocycles. The van der Waals surface area contributed by atoms with Crippen molar-refractivity contribution in [3.8, 4) is 5.75 Å². The molecule has 0 aliphatic rings. The molecule has 4 aromatic rings. The van der Waals surface area contributed by atoms with Crippen LogP contribution in [0.5, 0.6) is 5.75 Å². The van der Waals surface area contributed by atoms with Gasteiger partial charge in [0.15, 0.2) is 4.34 Å². The van der Waals surface area contributed by atoms with E-state index >= 15 is 0 Å². The van der Waals surface area contributed by atoms with E-state index in [4.69, 9.17) is 11.6 Å². The van der Waals surface area contributed by atoms with E-state index in [1.54, 1.807) is 24.4 Å². The number of aliphatic imine (C=N–C) groups is 1. The Bertz CT molecular complexity index is 1370. The van der Waals surface area contributed by atoms with Crippen LogP contribution in [0.15, 0.2) is 66.8 Å². The fourth-order valence-corrected chi connectivity index (χ4v) is 6.14. The second-order valence-electron chi connectivity index (χ2n) is 7.02. The maximum absolute atomic E-state index is 12.3. The number of aromatic hydroxyl groups is 1. The predicted octanol–water partition coefficient (Wildman–Crippen LogP) is 7.97. The van der Waals surface area contributed by atoms with Crippen molar-refractivity contribution >= 4 is 100 Å². The number of anilines is 1. The van der Waals surface area contributed by atoms with Gasteiger partial charge in [-0.2, -0.15) is 0 Å². The normalized spacial score (nSPS) is 11.4. The molecule has 10 heteroatoms. The second kappa shape index (κ2) is 10.6. The summed E-state index contributed by atoms with van der Waals surface area (Å²) in [5.41, 5.74) is 4.13. The van der Waals surface area contributed by atoms with Crippen LogP contribution in [-0.2, 0) is 4.79 Å². The lowest BCUT2D eigenvalue weighted by atomic mass is 10.2. The Kier molecular flexibility index (Phi) is 7.76. The first-order valence-corrected chi connectivity index (χ1v) is 13.4. The third kappa shape index (κ3) is 6.16. The quantitative estimate of drug-likeness (QED) is 0.168. The molecule has 5 nitrogen and oxygen atoms in total. The fraction of sp³-hybridized carbons (Fsp3) is 0.0870. The van der Waals surface area contributed by atoms with Gasteiger partial charge in [-0.1, -0.05) is 29.4 Å². The number of hydrogen-bond acceptors (Lipinski definition) is 6. The van der Waals surface area contributed by atoms with Crippen LogP contribution < -0.4 is 5.32 Å². The minimum atomic E-state index is -0.115. The van der Waals surface area contributed by atoms with Crippen molar-refractivity contribution in [2.24, 2.45) is 4.99 Å². The molecule has 4 rings (SSSR count). The molecule has 0 bridgehead atoms. The van der Waals surface area contributed by atoms with Crippen LogP contribution in [0, 0.1) is 6.92 Å². The van der Waals surface area contributed by atoms with Gasteiger partial charge in [0, 0.05) is 16.9 Å². The molecule has 0 fully saturated rings. The van der Waals surface area contributed by atoms with E-state index in [2.05, 4.69) is 47.2 Å². The molecular weight excluding hydrogens is 610 g/mol. The average Bonchev–Trinajstić information content (AvgIpc) is 3.19. The zero-order valence-corrected chi connectivity index (χ0v) is 22.7. The van der Waals surface area contributed by atoms with Gasteiger partial charge in [-0.25, -0.2) is 4.98 Å². The minimum Gasteiger partial charge on any atom is -0.506 e. The maximum Gasteiger partial charge on any atom is 0.234 e. The predicted molar refractivity (Wildman–Crippen MR) is 146 cm³/mol. The van der Waals surface area contributed by atoms with Gasteiger partial charge < -0.3 is 10.4 Å². The van der Waals surface area contributed by atoms with Crippen LogP contribution in [-0.4, -0.2) is 28.0 Å². The highest BCUT2D eigenvalue weighted by Crippen LogP contribution is 2.34. The SMILES string of the molecule is Cc1ccc(NC(=O)CSc2nc3ccc(N=Cc4cc(Br)c(O)c(Br)c4)cc3s2)cc1Cl. The van der Waals surface area contributed by atoms with E-state index in [1.807, 2.05) is 37.3 Å². The Morgan fingerprint density at radius 2 is 1.97 bits per heavy atom. The van der Waals surface area contributed by atoms with Crippen molar-refractivity contribution in [2.45, 2.75) is 11.3 Å². The fourth-order valence-electron chi connectivity index (χ4n) is 2.84. The summed E-state index contributed by atoms with van der Waals surface area (Å²) in [7, 11) is 0. The summed E-state index contributed by atoms with van der Waals surface area (Å²) in [6, 6.07) is 14.8. The first kappa shape index (κ1) is 24.2.